The molecule has 0 bridgehead atoms. The van der Waals surface area contributed by atoms with E-state index in [2.05, 4.69) is 26.2 Å². The summed E-state index contributed by atoms with van der Waals surface area (Å²) < 4.78 is 6.64. The summed E-state index contributed by atoms with van der Waals surface area (Å²) in [4.78, 5) is 29.0. The number of fused-ring (bicyclic) bond motifs is 1. The van der Waals surface area contributed by atoms with Crippen LogP contribution in [-0.2, 0) is 4.79 Å². The van der Waals surface area contributed by atoms with E-state index in [0.717, 1.165) is 15.4 Å². The number of nitrogens with one attached hydrogen (secondary N) is 1. The van der Waals surface area contributed by atoms with Gasteiger partial charge in [0.2, 0.25) is 0 Å². The Hall–Kier alpha value is -3.77. The molecule has 6 heteroatoms. The van der Waals surface area contributed by atoms with Crippen LogP contribution in [-0.4, -0.2) is 23.3 Å². The van der Waals surface area contributed by atoms with Crippen molar-refractivity contribution < 1.29 is 14.3 Å². The number of ether oxygens (including phenoxy) is 1. The lowest BCUT2D eigenvalue weighted by Crippen LogP contribution is -2.20. The number of amides is 1. The number of nitrogens with zero attached hydrogens (tertiary/aromatic N) is 1. The average Bonchev–Trinajstić information content (AvgIpc) is 2.82. The fourth-order valence-corrected chi connectivity index (χ4v) is 3.36. The predicted octanol–water partition coefficient (Wildman–Crippen LogP) is 5.91. The Bertz CT molecular complexity index is 1280. The van der Waals surface area contributed by atoms with Crippen LogP contribution >= 0.6 is 15.9 Å². The zero-order valence-corrected chi connectivity index (χ0v) is 18.6. The van der Waals surface area contributed by atoms with Gasteiger partial charge < -0.3 is 10.1 Å². The molecule has 1 amide bonds. The van der Waals surface area contributed by atoms with Gasteiger partial charge in [0.05, 0.1) is 0 Å². The van der Waals surface area contributed by atoms with E-state index in [1.165, 1.54) is 6.08 Å². The van der Waals surface area contributed by atoms with Gasteiger partial charge in [0.25, 0.3) is 5.91 Å². The van der Waals surface area contributed by atoms with Crippen LogP contribution in [0.3, 0.4) is 0 Å². The van der Waals surface area contributed by atoms with E-state index < -0.39 is 0 Å². The Kier molecular flexibility index (Phi) is 6.72. The number of carbonyl (C=O) groups excluding carboxylic acids is 2. The molecule has 158 valence electrons. The number of aromatic nitrogens is 1. The minimum Gasteiger partial charge on any atom is -0.481 e. The lowest BCUT2D eigenvalue weighted by molar-refractivity contribution is -0.118. The van der Waals surface area contributed by atoms with Crippen LogP contribution < -0.4 is 10.1 Å². The zero-order valence-electron chi connectivity index (χ0n) is 17.0. The van der Waals surface area contributed by atoms with Gasteiger partial charge in [-0.15, -0.1) is 0 Å². The van der Waals surface area contributed by atoms with E-state index in [4.69, 9.17) is 4.74 Å². The van der Waals surface area contributed by atoms with Crippen molar-refractivity contribution in [2.45, 2.75) is 0 Å². The molecule has 0 aliphatic rings. The summed E-state index contributed by atoms with van der Waals surface area (Å²) in [6.45, 7) is -0.147. The van der Waals surface area contributed by atoms with Gasteiger partial charge in [0.1, 0.15) is 11.3 Å². The number of ketones is 1. The summed E-state index contributed by atoms with van der Waals surface area (Å²) in [7, 11) is 0. The Morgan fingerprint density at radius 1 is 0.938 bits per heavy atom. The molecule has 1 N–H and O–H groups in total. The molecule has 0 fully saturated rings. The number of rotatable bonds is 7. The van der Waals surface area contributed by atoms with Crippen molar-refractivity contribution in [2.75, 3.05) is 11.9 Å². The van der Waals surface area contributed by atoms with Crippen LogP contribution in [0.2, 0.25) is 0 Å². The number of anilines is 1. The van der Waals surface area contributed by atoms with Gasteiger partial charge in [0, 0.05) is 27.3 Å². The smallest absolute Gasteiger partial charge is 0.262 e. The molecule has 1 aromatic heterocycles. The highest BCUT2D eigenvalue weighted by molar-refractivity contribution is 9.10. The molecule has 0 aliphatic carbocycles. The summed E-state index contributed by atoms with van der Waals surface area (Å²) in [5.41, 5.74) is 2.77. The summed E-state index contributed by atoms with van der Waals surface area (Å²) in [5.74, 6) is 0.140. The first-order valence-corrected chi connectivity index (χ1v) is 10.7. The number of halogens is 1. The van der Waals surface area contributed by atoms with E-state index in [1.807, 2.05) is 48.5 Å². The minimum absolute atomic E-state index is 0.113. The number of hydrogen-bond donors (Lipinski definition) is 1. The highest BCUT2D eigenvalue weighted by Crippen LogP contribution is 2.23. The van der Waals surface area contributed by atoms with E-state index in [1.54, 1.807) is 42.6 Å². The fraction of sp³-hybridized carbons (Fsp3) is 0.0385. The number of carbonyl (C=O) groups is 2. The lowest BCUT2D eigenvalue weighted by atomic mass is 10.1. The molecular formula is C26H19BrN2O3. The summed E-state index contributed by atoms with van der Waals surface area (Å²) in [6, 6.07) is 23.8. The lowest BCUT2D eigenvalue weighted by Gasteiger charge is -2.09. The van der Waals surface area contributed by atoms with E-state index in [-0.39, 0.29) is 18.3 Å². The monoisotopic (exact) mass is 486 g/mol. The SMILES string of the molecule is O=C(COc1cccc2cccnc12)Nc1ccc(C(=O)/C=C/c2ccc(Br)cc2)cc1. The Morgan fingerprint density at radius 3 is 2.47 bits per heavy atom. The van der Waals surface area contributed by atoms with Crippen LogP contribution in [0.5, 0.6) is 5.75 Å². The molecule has 32 heavy (non-hydrogen) atoms. The van der Waals surface area contributed by atoms with Gasteiger partial charge >= 0.3 is 0 Å². The number of allylic oxidation sites excluding steroid dienone is 1. The molecule has 0 aliphatic heterocycles. The minimum atomic E-state index is -0.299. The van der Waals surface area contributed by atoms with Crippen molar-refractivity contribution in [2.24, 2.45) is 0 Å². The van der Waals surface area contributed by atoms with Crippen molar-refractivity contribution in [3.63, 3.8) is 0 Å². The van der Waals surface area contributed by atoms with Gasteiger partial charge in [-0.25, -0.2) is 0 Å². The maximum atomic E-state index is 12.4. The second-order valence-electron chi connectivity index (χ2n) is 6.99. The van der Waals surface area contributed by atoms with E-state index in [9.17, 15) is 9.59 Å². The number of pyridine rings is 1. The topological polar surface area (TPSA) is 68.3 Å². The number of hydrogen-bond acceptors (Lipinski definition) is 4. The normalized spacial score (nSPS) is 10.9. The molecule has 0 saturated heterocycles. The predicted molar refractivity (Wildman–Crippen MR) is 130 cm³/mol. The summed E-state index contributed by atoms with van der Waals surface area (Å²) >= 11 is 3.39. The molecule has 1 heterocycles. The van der Waals surface area contributed by atoms with Gasteiger partial charge in [0.15, 0.2) is 12.4 Å². The third-order valence-corrected chi connectivity index (χ3v) is 5.23. The highest BCUT2D eigenvalue weighted by Gasteiger charge is 2.08. The third kappa shape index (κ3) is 5.47. The number of benzene rings is 3. The average molecular weight is 487 g/mol. The quantitative estimate of drug-likeness (QED) is 0.260. The Morgan fingerprint density at radius 2 is 1.69 bits per heavy atom. The van der Waals surface area contributed by atoms with Crippen LogP contribution in [0.25, 0.3) is 17.0 Å². The molecule has 0 unspecified atom stereocenters. The maximum Gasteiger partial charge on any atom is 0.262 e. The molecule has 5 nitrogen and oxygen atoms in total. The van der Waals surface area contributed by atoms with Crippen LogP contribution in [0.4, 0.5) is 5.69 Å². The molecule has 0 spiro atoms. The molecule has 0 saturated carbocycles. The third-order valence-electron chi connectivity index (χ3n) is 4.70. The van der Waals surface area contributed by atoms with Crippen molar-refractivity contribution in [1.82, 2.24) is 4.98 Å². The van der Waals surface area contributed by atoms with Crippen LogP contribution in [0, 0.1) is 0 Å². The molecule has 0 radical (unpaired) electrons. The second-order valence-corrected chi connectivity index (χ2v) is 7.91. The summed E-state index contributed by atoms with van der Waals surface area (Å²) in [6.07, 6.45) is 4.99. The van der Waals surface area contributed by atoms with Gasteiger partial charge in [-0.3, -0.25) is 14.6 Å². The standard InChI is InChI=1S/C26H19BrN2O3/c27-21-11-6-18(7-12-21)8-15-23(30)19-9-13-22(14-10-19)29-25(31)17-32-24-5-1-3-20-4-2-16-28-26(20)24/h1-16H,17H2,(H,29,31)/b15-8+. The Labute approximate surface area is 193 Å². The highest BCUT2D eigenvalue weighted by atomic mass is 79.9. The molecule has 4 aromatic rings. The fourth-order valence-electron chi connectivity index (χ4n) is 3.09. The van der Waals surface area contributed by atoms with E-state index in [0.29, 0.717) is 22.5 Å². The molecule has 3 aromatic carbocycles. The van der Waals surface area contributed by atoms with Crippen molar-refractivity contribution in [1.29, 1.82) is 0 Å². The molecule has 4 rings (SSSR count). The molecule has 0 atom stereocenters. The van der Waals surface area contributed by atoms with Crippen LogP contribution in [0.1, 0.15) is 15.9 Å². The first kappa shape index (κ1) is 21.5. The Balaban J connectivity index is 1.33. The van der Waals surface area contributed by atoms with Gasteiger partial charge in [-0.2, -0.15) is 0 Å². The van der Waals surface area contributed by atoms with Crippen molar-refractivity contribution >= 4 is 50.3 Å². The second kappa shape index (κ2) is 10.0. The first-order chi connectivity index (χ1) is 15.6. The van der Waals surface area contributed by atoms with Crippen LogP contribution in [0.15, 0.2) is 95.6 Å². The largest absolute Gasteiger partial charge is 0.481 e. The first-order valence-electron chi connectivity index (χ1n) is 9.93. The van der Waals surface area contributed by atoms with Crippen molar-refractivity contribution in [3.05, 3.63) is 107 Å². The maximum absolute atomic E-state index is 12.4. The molecular weight excluding hydrogens is 468 g/mol. The van der Waals surface area contributed by atoms with Crippen molar-refractivity contribution in [3.8, 4) is 5.75 Å². The summed E-state index contributed by atoms with van der Waals surface area (Å²) in [5, 5.41) is 3.72. The van der Waals surface area contributed by atoms with Gasteiger partial charge in [-0.1, -0.05) is 52.3 Å². The van der Waals surface area contributed by atoms with Gasteiger partial charge in [-0.05, 0) is 60.2 Å². The van der Waals surface area contributed by atoms with E-state index >= 15 is 0 Å². The number of para-hydroxylation sites is 1. The zero-order chi connectivity index (χ0) is 22.3.